The molecular formula is C20H20ClNO3. The number of methoxy groups -OCH3 is 1. The first-order valence-electron chi connectivity index (χ1n) is 8.32. The molecule has 25 heavy (non-hydrogen) atoms. The van der Waals surface area contributed by atoms with Crippen molar-refractivity contribution >= 4 is 29.2 Å². The zero-order valence-corrected chi connectivity index (χ0v) is 14.8. The molecule has 0 bridgehead atoms. The predicted octanol–water partition coefficient (Wildman–Crippen LogP) is 4.58. The summed E-state index contributed by atoms with van der Waals surface area (Å²) in [7, 11) is 1.30. The van der Waals surface area contributed by atoms with Crippen LogP contribution in [0.4, 0.5) is 5.69 Å². The van der Waals surface area contributed by atoms with E-state index in [-0.39, 0.29) is 11.5 Å². The van der Waals surface area contributed by atoms with Gasteiger partial charge in [-0.15, -0.1) is 0 Å². The Morgan fingerprint density at radius 3 is 2.40 bits per heavy atom. The highest BCUT2D eigenvalue weighted by Crippen LogP contribution is 2.42. The summed E-state index contributed by atoms with van der Waals surface area (Å²) in [6.07, 6.45) is 3.69. The van der Waals surface area contributed by atoms with Gasteiger partial charge in [0, 0.05) is 5.69 Å². The Labute approximate surface area is 152 Å². The number of esters is 1. The molecule has 2 aromatic carbocycles. The summed E-state index contributed by atoms with van der Waals surface area (Å²) in [6, 6.07) is 14.7. The standard InChI is InChI=1S/C20H20ClNO3/c1-25-18(23)16-13-15(9-10-17(16)21)22-19(24)20(11-5-6-12-20)14-7-3-2-4-8-14/h2-4,7-10,13H,5-6,11-12H2,1H3,(H,22,24). The molecule has 1 aliphatic rings. The lowest BCUT2D eigenvalue weighted by atomic mass is 9.78. The van der Waals surface area contributed by atoms with E-state index in [1.165, 1.54) is 7.11 Å². The van der Waals surface area contributed by atoms with Crippen molar-refractivity contribution < 1.29 is 14.3 Å². The van der Waals surface area contributed by atoms with Crippen LogP contribution in [0, 0.1) is 0 Å². The van der Waals surface area contributed by atoms with E-state index < -0.39 is 11.4 Å². The van der Waals surface area contributed by atoms with Crippen LogP contribution >= 0.6 is 11.6 Å². The lowest BCUT2D eigenvalue weighted by molar-refractivity contribution is -0.121. The average molecular weight is 358 g/mol. The minimum Gasteiger partial charge on any atom is -0.465 e. The van der Waals surface area contributed by atoms with Gasteiger partial charge >= 0.3 is 5.97 Å². The molecule has 1 N–H and O–H groups in total. The third kappa shape index (κ3) is 3.40. The Kier molecular flexibility index (Phi) is 5.09. The first-order chi connectivity index (χ1) is 12.1. The van der Waals surface area contributed by atoms with Crippen LogP contribution in [0.15, 0.2) is 48.5 Å². The normalized spacial score (nSPS) is 15.6. The van der Waals surface area contributed by atoms with Gasteiger partial charge in [0.05, 0.1) is 23.1 Å². The summed E-state index contributed by atoms with van der Waals surface area (Å²) < 4.78 is 4.73. The minimum absolute atomic E-state index is 0.0469. The number of anilines is 1. The maximum absolute atomic E-state index is 13.1. The Morgan fingerprint density at radius 1 is 1.08 bits per heavy atom. The van der Waals surface area contributed by atoms with E-state index >= 15 is 0 Å². The predicted molar refractivity (Wildman–Crippen MR) is 98.0 cm³/mol. The summed E-state index contributed by atoms with van der Waals surface area (Å²) in [5.41, 5.74) is 1.29. The highest BCUT2D eigenvalue weighted by Gasteiger charge is 2.42. The van der Waals surface area contributed by atoms with Gasteiger partial charge in [-0.2, -0.15) is 0 Å². The van der Waals surface area contributed by atoms with Crippen molar-refractivity contribution in [2.75, 3.05) is 12.4 Å². The number of carbonyl (C=O) groups is 2. The summed E-state index contributed by atoms with van der Waals surface area (Å²) >= 11 is 6.04. The fraction of sp³-hybridized carbons (Fsp3) is 0.300. The van der Waals surface area contributed by atoms with E-state index in [0.717, 1.165) is 31.2 Å². The molecule has 1 aliphatic carbocycles. The Hall–Kier alpha value is -2.33. The van der Waals surface area contributed by atoms with Gasteiger partial charge in [0.25, 0.3) is 0 Å². The lowest BCUT2D eigenvalue weighted by Crippen LogP contribution is -2.38. The molecule has 4 nitrogen and oxygen atoms in total. The summed E-state index contributed by atoms with van der Waals surface area (Å²) in [6.45, 7) is 0. The second-order valence-corrected chi connectivity index (χ2v) is 6.70. The largest absolute Gasteiger partial charge is 0.465 e. The Morgan fingerprint density at radius 2 is 1.76 bits per heavy atom. The number of rotatable bonds is 4. The highest BCUT2D eigenvalue weighted by molar-refractivity contribution is 6.33. The van der Waals surface area contributed by atoms with Crippen LogP contribution in [-0.4, -0.2) is 19.0 Å². The van der Waals surface area contributed by atoms with Crippen molar-refractivity contribution in [3.05, 3.63) is 64.7 Å². The van der Waals surface area contributed by atoms with Crippen LogP contribution in [0.3, 0.4) is 0 Å². The molecule has 1 saturated carbocycles. The Bertz CT molecular complexity index is 783. The fourth-order valence-electron chi connectivity index (χ4n) is 3.50. The monoisotopic (exact) mass is 357 g/mol. The van der Waals surface area contributed by atoms with E-state index in [9.17, 15) is 9.59 Å². The maximum atomic E-state index is 13.1. The summed E-state index contributed by atoms with van der Waals surface area (Å²) in [5, 5.41) is 3.26. The highest BCUT2D eigenvalue weighted by atomic mass is 35.5. The molecule has 130 valence electrons. The molecule has 0 saturated heterocycles. The number of amides is 1. The zero-order chi connectivity index (χ0) is 17.9. The molecule has 0 unspecified atom stereocenters. The van der Waals surface area contributed by atoms with Crippen molar-refractivity contribution in [3.8, 4) is 0 Å². The van der Waals surface area contributed by atoms with Crippen LogP contribution in [-0.2, 0) is 14.9 Å². The molecule has 0 aliphatic heterocycles. The average Bonchev–Trinajstić information content (AvgIpc) is 3.14. The van der Waals surface area contributed by atoms with Crippen molar-refractivity contribution in [1.82, 2.24) is 0 Å². The zero-order valence-electron chi connectivity index (χ0n) is 14.0. The molecule has 0 atom stereocenters. The van der Waals surface area contributed by atoms with Crippen molar-refractivity contribution in [2.24, 2.45) is 0 Å². The number of ether oxygens (including phenoxy) is 1. The number of halogens is 1. The van der Waals surface area contributed by atoms with Crippen LogP contribution in [0.2, 0.25) is 5.02 Å². The SMILES string of the molecule is COC(=O)c1cc(NC(=O)C2(c3ccccc3)CCCC2)ccc1Cl. The molecule has 1 fully saturated rings. The van der Waals surface area contributed by atoms with E-state index in [2.05, 4.69) is 5.32 Å². The first-order valence-corrected chi connectivity index (χ1v) is 8.69. The van der Waals surface area contributed by atoms with Crippen LogP contribution < -0.4 is 5.32 Å². The van der Waals surface area contributed by atoms with Crippen molar-refractivity contribution in [3.63, 3.8) is 0 Å². The fourth-order valence-corrected chi connectivity index (χ4v) is 3.70. The van der Waals surface area contributed by atoms with E-state index in [1.807, 2.05) is 30.3 Å². The quantitative estimate of drug-likeness (QED) is 0.815. The van der Waals surface area contributed by atoms with Gasteiger partial charge in [-0.05, 0) is 36.6 Å². The first kappa shape index (κ1) is 17.5. The number of benzene rings is 2. The van der Waals surface area contributed by atoms with Gasteiger partial charge in [-0.25, -0.2) is 4.79 Å². The molecule has 1 amide bonds. The summed E-state index contributed by atoms with van der Waals surface area (Å²) in [5.74, 6) is -0.575. The third-order valence-electron chi connectivity index (χ3n) is 4.85. The van der Waals surface area contributed by atoms with Crippen molar-refractivity contribution in [2.45, 2.75) is 31.1 Å². The molecule has 3 rings (SSSR count). The molecule has 0 radical (unpaired) electrons. The smallest absolute Gasteiger partial charge is 0.339 e. The van der Waals surface area contributed by atoms with E-state index in [4.69, 9.17) is 16.3 Å². The molecule has 5 heteroatoms. The van der Waals surface area contributed by atoms with Gasteiger partial charge in [-0.3, -0.25) is 4.79 Å². The second-order valence-electron chi connectivity index (χ2n) is 6.30. The summed E-state index contributed by atoms with van der Waals surface area (Å²) in [4.78, 5) is 24.9. The number of nitrogens with one attached hydrogen (secondary N) is 1. The molecule has 0 heterocycles. The van der Waals surface area contributed by atoms with Gasteiger partial charge in [0.1, 0.15) is 0 Å². The van der Waals surface area contributed by atoms with Gasteiger partial charge in [0.2, 0.25) is 5.91 Å². The molecule has 0 spiro atoms. The number of hydrogen-bond donors (Lipinski definition) is 1. The third-order valence-corrected chi connectivity index (χ3v) is 5.18. The topological polar surface area (TPSA) is 55.4 Å². The number of carbonyl (C=O) groups excluding carboxylic acids is 2. The van der Waals surface area contributed by atoms with Gasteiger partial charge in [0.15, 0.2) is 0 Å². The van der Waals surface area contributed by atoms with Crippen molar-refractivity contribution in [1.29, 1.82) is 0 Å². The molecule has 2 aromatic rings. The van der Waals surface area contributed by atoms with Crippen LogP contribution in [0.1, 0.15) is 41.6 Å². The van der Waals surface area contributed by atoms with E-state index in [0.29, 0.717) is 10.7 Å². The van der Waals surface area contributed by atoms with Crippen LogP contribution in [0.25, 0.3) is 0 Å². The van der Waals surface area contributed by atoms with Crippen LogP contribution in [0.5, 0.6) is 0 Å². The molecular weight excluding hydrogens is 338 g/mol. The molecule has 0 aromatic heterocycles. The second kappa shape index (κ2) is 7.28. The Balaban J connectivity index is 1.89. The van der Waals surface area contributed by atoms with E-state index in [1.54, 1.807) is 18.2 Å². The number of hydrogen-bond acceptors (Lipinski definition) is 3. The minimum atomic E-state index is -0.528. The lowest BCUT2D eigenvalue weighted by Gasteiger charge is -2.28. The maximum Gasteiger partial charge on any atom is 0.339 e. The van der Waals surface area contributed by atoms with Gasteiger partial charge in [-0.1, -0.05) is 54.8 Å². The van der Waals surface area contributed by atoms with Gasteiger partial charge < -0.3 is 10.1 Å².